The average molecular weight is 369 g/mol. The number of carbonyl (C=O) groups excluding carboxylic acids is 1. The van der Waals surface area contributed by atoms with Crippen molar-refractivity contribution < 1.29 is 24.5 Å². The number of hydrogen-bond acceptors (Lipinski definition) is 7. The number of ether oxygens (including phenoxy) is 1. The molecule has 8 nitrogen and oxygen atoms in total. The third-order valence-corrected chi connectivity index (χ3v) is 5.78. The number of rotatable bonds is 7. The van der Waals surface area contributed by atoms with Gasteiger partial charge in [-0.2, -0.15) is 11.8 Å². The number of fused-ring (bicyclic) bond motifs is 1. The van der Waals surface area contributed by atoms with Gasteiger partial charge in [-0.05, 0) is 13.2 Å². The van der Waals surface area contributed by atoms with E-state index in [-0.39, 0.29) is 41.5 Å². The third-order valence-electron chi connectivity index (χ3n) is 5.18. The quantitative estimate of drug-likeness (QED) is 0.364. The Bertz CT molecular complexity index is 650. The van der Waals surface area contributed by atoms with Crippen LogP contribution in [-0.2, 0) is 14.3 Å². The molecule has 0 spiro atoms. The minimum atomic E-state index is -1.20. The Morgan fingerprint density at radius 1 is 1.56 bits per heavy atom. The second-order valence-corrected chi connectivity index (χ2v) is 7.64. The monoisotopic (exact) mass is 369 g/mol. The van der Waals surface area contributed by atoms with Crippen molar-refractivity contribution >= 4 is 29.4 Å². The summed E-state index contributed by atoms with van der Waals surface area (Å²) in [6, 6.07) is -0.621. The molecule has 2 fully saturated rings. The Kier molecular flexibility index (Phi) is 4.82. The summed E-state index contributed by atoms with van der Waals surface area (Å²) in [4.78, 5) is 25.2. The number of thioether (sulfide) groups is 1. The fraction of sp³-hybridized carbons (Fsp3) is 0.688. The molecule has 3 aliphatic rings. The molecule has 0 aromatic rings. The van der Waals surface area contributed by atoms with Crippen molar-refractivity contribution in [2.75, 3.05) is 18.6 Å². The summed E-state index contributed by atoms with van der Waals surface area (Å²) in [5, 5.41) is 30.6. The minimum Gasteiger partial charge on any atom is -0.489 e. The van der Waals surface area contributed by atoms with Gasteiger partial charge < -0.3 is 25.7 Å². The molecule has 0 saturated carbocycles. The highest BCUT2D eigenvalue weighted by atomic mass is 32.2. The van der Waals surface area contributed by atoms with Crippen molar-refractivity contribution in [2.24, 2.45) is 11.8 Å². The van der Waals surface area contributed by atoms with Crippen LogP contribution in [0, 0.1) is 17.2 Å². The summed E-state index contributed by atoms with van der Waals surface area (Å²) in [7, 11) is 0. The Hall–Kier alpha value is -1.58. The molecular formula is C16H23N3O5S. The largest absolute Gasteiger partial charge is 0.489 e. The van der Waals surface area contributed by atoms with E-state index in [4.69, 9.17) is 10.1 Å². The number of hydrogen-bond donors (Lipinski definition) is 4. The molecule has 4 N–H and O–H groups in total. The number of carboxylic acids is 1. The summed E-state index contributed by atoms with van der Waals surface area (Å²) in [5.74, 6) is -1.63. The Balaban J connectivity index is 1.82. The predicted octanol–water partition coefficient (Wildman–Crippen LogP) is -0.120. The molecule has 2 saturated heterocycles. The van der Waals surface area contributed by atoms with E-state index >= 15 is 0 Å². The molecule has 0 aromatic heterocycles. The van der Waals surface area contributed by atoms with E-state index in [1.165, 1.54) is 4.90 Å². The molecule has 0 aromatic carbocycles. The third kappa shape index (κ3) is 2.74. The standard InChI is InChI=1S/C16H23N3O5S/c1-6-12-10(7(2)20)15(21)19(12)13(16(22)23)14(6)24-9-4-18-11(9)8(17)5-25-3/h6-7,9-12,17-18,20H,4-5H2,1-3H3,(H,22,23)/t6-,7-,9?,10-,11?,12+/m1/s1. The summed E-state index contributed by atoms with van der Waals surface area (Å²) >= 11 is 1.55. The van der Waals surface area contributed by atoms with Crippen LogP contribution in [0.2, 0.25) is 0 Å². The molecule has 0 bridgehead atoms. The zero-order chi connectivity index (χ0) is 18.5. The Morgan fingerprint density at radius 2 is 2.24 bits per heavy atom. The highest BCUT2D eigenvalue weighted by Gasteiger charge is 2.61. The van der Waals surface area contributed by atoms with Crippen LogP contribution in [0.5, 0.6) is 0 Å². The zero-order valence-electron chi connectivity index (χ0n) is 14.4. The van der Waals surface area contributed by atoms with Crippen molar-refractivity contribution in [3.8, 4) is 0 Å². The predicted molar refractivity (Wildman–Crippen MR) is 92.4 cm³/mol. The smallest absolute Gasteiger partial charge is 0.356 e. The Morgan fingerprint density at radius 3 is 2.72 bits per heavy atom. The Labute approximate surface area is 150 Å². The molecule has 138 valence electrons. The molecule has 6 atom stereocenters. The lowest BCUT2D eigenvalue weighted by Crippen LogP contribution is -2.63. The van der Waals surface area contributed by atoms with Crippen LogP contribution in [0.1, 0.15) is 13.8 Å². The number of carbonyl (C=O) groups is 2. The SMILES string of the molecule is CSCC(=N)C1NCC1OC1=C(C(=O)O)N2C(=O)[C@H]([C@@H](C)O)[C@@H]2[C@H]1C. The normalized spacial score (nSPS) is 35.0. The summed E-state index contributed by atoms with van der Waals surface area (Å²) < 4.78 is 5.98. The van der Waals surface area contributed by atoms with Gasteiger partial charge in [0.2, 0.25) is 5.91 Å². The fourth-order valence-corrected chi connectivity index (χ4v) is 4.37. The molecule has 1 amide bonds. The minimum absolute atomic E-state index is 0.124. The molecule has 2 unspecified atom stereocenters. The summed E-state index contributed by atoms with van der Waals surface area (Å²) in [5.41, 5.74) is 0.384. The van der Waals surface area contributed by atoms with Gasteiger partial charge in [-0.3, -0.25) is 9.69 Å². The highest BCUT2D eigenvalue weighted by molar-refractivity contribution is 7.99. The van der Waals surface area contributed by atoms with Crippen molar-refractivity contribution in [1.29, 1.82) is 5.41 Å². The molecule has 0 aliphatic carbocycles. The van der Waals surface area contributed by atoms with Crippen molar-refractivity contribution in [2.45, 2.75) is 38.1 Å². The van der Waals surface area contributed by atoms with Crippen LogP contribution in [0.25, 0.3) is 0 Å². The highest BCUT2D eigenvalue weighted by Crippen LogP contribution is 2.47. The van der Waals surface area contributed by atoms with E-state index in [0.717, 1.165) is 0 Å². The first-order chi connectivity index (χ1) is 11.8. The molecule has 0 radical (unpaired) electrons. The molecule has 3 rings (SSSR count). The van der Waals surface area contributed by atoms with E-state index < -0.39 is 18.0 Å². The van der Waals surface area contributed by atoms with Crippen molar-refractivity contribution in [3.05, 3.63) is 11.5 Å². The first-order valence-corrected chi connectivity index (χ1v) is 9.63. The lowest BCUT2D eigenvalue weighted by atomic mass is 9.79. The molecule has 25 heavy (non-hydrogen) atoms. The number of β-lactam (4-membered cyclic amide) rings is 1. The van der Waals surface area contributed by atoms with E-state index in [0.29, 0.717) is 18.0 Å². The van der Waals surface area contributed by atoms with E-state index in [1.807, 2.05) is 13.2 Å². The summed E-state index contributed by atoms with van der Waals surface area (Å²) in [6.07, 6.45) is 0.767. The fourth-order valence-electron chi connectivity index (χ4n) is 3.88. The molecule has 3 aliphatic heterocycles. The first kappa shape index (κ1) is 18.2. The van der Waals surface area contributed by atoms with Gasteiger partial charge in [0, 0.05) is 23.9 Å². The number of aliphatic hydroxyl groups is 1. The van der Waals surface area contributed by atoms with Crippen molar-refractivity contribution in [3.63, 3.8) is 0 Å². The maximum atomic E-state index is 12.3. The number of aliphatic carboxylic acids is 1. The number of carboxylic acid groups (broad SMARTS) is 1. The maximum absolute atomic E-state index is 12.3. The number of aliphatic hydroxyl groups excluding tert-OH is 1. The number of amides is 1. The van der Waals surface area contributed by atoms with Crippen LogP contribution >= 0.6 is 11.8 Å². The van der Waals surface area contributed by atoms with E-state index in [1.54, 1.807) is 18.7 Å². The maximum Gasteiger partial charge on any atom is 0.356 e. The average Bonchev–Trinajstić information content (AvgIpc) is 2.73. The van der Waals surface area contributed by atoms with Gasteiger partial charge in [0.05, 0.1) is 24.1 Å². The van der Waals surface area contributed by atoms with Crippen LogP contribution in [0.4, 0.5) is 0 Å². The van der Waals surface area contributed by atoms with Gasteiger partial charge in [0.25, 0.3) is 0 Å². The zero-order valence-corrected chi connectivity index (χ0v) is 15.2. The van der Waals surface area contributed by atoms with Gasteiger partial charge >= 0.3 is 5.97 Å². The van der Waals surface area contributed by atoms with Gasteiger partial charge in [0.15, 0.2) is 5.70 Å². The molecular weight excluding hydrogens is 346 g/mol. The topological polar surface area (TPSA) is 123 Å². The van der Waals surface area contributed by atoms with Gasteiger partial charge in [0.1, 0.15) is 11.9 Å². The second kappa shape index (κ2) is 6.62. The van der Waals surface area contributed by atoms with Gasteiger partial charge in [-0.25, -0.2) is 4.79 Å². The second-order valence-electron chi connectivity index (χ2n) is 6.77. The van der Waals surface area contributed by atoms with Gasteiger partial charge in [-0.1, -0.05) is 6.92 Å². The molecule has 9 heteroatoms. The van der Waals surface area contributed by atoms with Crippen LogP contribution in [0.3, 0.4) is 0 Å². The molecule has 3 heterocycles. The van der Waals surface area contributed by atoms with E-state index in [9.17, 15) is 19.8 Å². The van der Waals surface area contributed by atoms with Crippen LogP contribution < -0.4 is 5.32 Å². The summed E-state index contributed by atoms with van der Waals surface area (Å²) in [6.45, 7) is 3.89. The first-order valence-electron chi connectivity index (χ1n) is 8.24. The van der Waals surface area contributed by atoms with Crippen LogP contribution in [-0.4, -0.2) is 75.5 Å². The van der Waals surface area contributed by atoms with Gasteiger partial charge in [-0.15, -0.1) is 0 Å². The number of nitrogens with one attached hydrogen (secondary N) is 2. The lowest BCUT2D eigenvalue weighted by Gasteiger charge is -2.46. The van der Waals surface area contributed by atoms with Crippen molar-refractivity contribution in [1.82, 2.24) is 10.2 Å². The van der Waals surface area contributed by atoms with Crippen LogP contribution in [0.15, 0.2) is 11.5 Å². The number of nitrogens with zero attached hydrogens (tertiary/aromatic N) is 1. The van der Waals surface area contributed by atoms with E-state index in [2.05, 4.69) is 5.32 Å². The lowest BCUT2D eigenvalue weighted by molar-refractivity contribution is -0.163.